The Morgan fingerprint density at radius 1 is 1.00 bits per heavy atom. The SMILES string of the molecule is O=C(NCCc1c[nH]cn1)Nc1cccc(-c2ccc(C[C@@H](NS(=O)(=O)c3ccccc3Cl)C(=O)O)cc2)c1. The number of anilines is 1. The second kappa shape index (κ2) is 12.6. The van der Waals surface area contributed by atoms with Gasteiger partial charge in [-0.2, -0.15) is 4.72 Å². The Hall–Kier alpha value is -4.19. The summed E-state index contributed by atoms with van der Waals surface area (Å²) in [7, 11) is -4.15. The molecule has 10 nitrogen and oxygen atoms in total. The molecule has 12 heteroatoms. The minimum Gasteiger partial charge on any atom is -0.480 e. The van der Waals surface area contributed by atoms with Crippen molar-refractivity contribution >= 4 is 39.3 Å². The Morgan fingerprint density at radius 2 is 1.77 bits per heavy atom. The Bertz CT molecular complexity index is 1540. The molecule has 0 fully saturated rings. The number of carboxylic acids is 1. The summed E-state index contributed by atoms with van der Waals surface area (Å²) in [6, 6.07) is 18.5. The van der Waals surface area contributed by atoms with Crippen molar-refractivity contribution in [2.75, 3.05) is 11.9 Å². The van der Waals surface area contributed by atoms with Crippen LogP contribution in [-0.2, 0) is 27.7 Å². The number of benzene rings is 3. The summed E-state index contributed by atoms with van der Waals surface area (Å²) >= 11 is 5.99. The van der Waals surface area contributed by atoms with Crippen LogP contribution in [0, 0.1) is 0 Å². The molecule has 4 aromatic rings. The molecule has 39 heavy (non-hydrogen) atoms. The van der Waals surface area contributed by atoms with Gasteiger partial charge in [0.25, 0.3) is 0 Å². The van der Waals surface area contributed by atoms with Crippen molar-refractivity contribution in [2.24, 2.45) is 0 Å². The van der Waals surface area contributed by atoms with E-state index in [9.17, 15) is 23.1 Å². The van der Waals surface area contributed by atoms with Gasteiger partial charge in [0.2, 0.25) is 10.0 Å². The predicted molar refractivity (Wildman–Crippen MR) is 148 cm³/mol. The lowest BCUT2D eigenvalue weighted by Gasteiger charge is -2.16. The molecule has 0 saturated heterocycles. The minimum absolute atomic E-state index is 0.00157. The molecule has 5 N–H and O–H groups in total. The highest BCUT2D eigenvalue weighted by molar-refractivity contribution is 7.89. The second-order valence-electron chi connectivity index (χ2n) is 8.62. The molecule has 3 aromatic carbocycles. The number of aromatic nitrogens is 2. The van der Waals surface area contributed by atoms with E-state index in [1.54, 1.807) is 48.9 Å². The Balaban J connectivity index is 1.38. The number of hydrogen-bond acceptors (Lipinski definition) is 5. The van der Waals surface area contributed by atoms with Crippen LogP contribution in [-0.4, -0.2) is 48.1 Å². The number of aliphatic carboxylic acids is 1. The van der Waals surface area contributed by atoms with Crippen LogP contribution < -0.4 is 15.4 Å². The van der Waals surface area contributed by atoms with E-state index in [1.165, 1.54) is 18.2 Å². The Morgan fingerprint density at radius 3 is 2.46 bits per heavy atom. The first-order valence-electron chi connectivity index (χ1n) is 11.9. The number of aromatic amines is 1. The van der Waals surface area contributed by atoms with Gasteiger partial charge in [0, 0.05) is 24.8 Å². The lowest BCUT2D eigenvalue weighted by molar-refractivity contribution is -0.138. The molecule has 0 unspecified atom stereocenters. The fourth-order valence-electron chi connectivity index (χ4n) is 3.85. The van der Waals surface area contributed by atoms with Gasteiger partial charge in [0.1, 0.15) is 10.9 Å². The smallest absolute Gasteiger partial charge is 0.322 e. The number of carbonyl (C=O) groups excluding carboxylic acids is 1. The van der Waals surface area contributed by atoms with Gasteiger partial charge in [0.15, 0.2) is 0 Å². The highest BCUT2D eigenvalue weighted by Gasteiger charge is 2.27. The number of carboxylic acid groups (broad SMARTS) is 1. The van der Waals surface area contributed by atoms with Crippen molar-refractivity contribution in [3.05, 3.63) is 102 Å². The number of halogens is 1. The number of rotatable bonds is 11. The van der Waals surface area contributed by atoms with E-state index in [0.29, 0.717) is 24.2 Å². The number of hydrogen-bond donors (Lipinski definition) is 5. The van der Waals surface area contributed by atoms with E-state index in [0.717, 1.165) is 16.8 Å². The molecule has 0 aliphatic carbocycles. The molecule has 2 amide bonds. The molecule has 0 aliphatic rings. The van der Waals surface area contributed by atoms with Crippen molar-refractivity contribution < 1.29 is 23.1 Å². The van der Waals surface area contributed by atoms with E-state index in [4.69, 9.17) is 11.6 Å². The Kier molecular flexibility index (Phi) is 8.97. The number of carbonyl (C=O) groups is 2. The van der Waals surface area contributed by atoms with E-state index < -0.39 is 22.0 Å². The summed E-state index contributed by atoms with van der Waals surface area (Å²) in [5.74, 6) is -1.31. The number of imidazole rings is 1. The van der Waals surface area contributed by atoms with Crippen LogP contribution in [0.25, 0.3) is 11.1 Å². The largest absolute Gasteiger partial charge is 0.480 e. The fraction of sp³-hybridized carbons (Fsp3) is 0.148. The van der Waals surface area contributed by atoms with Crippen LogP contribution in [0.4, 0.5) is 10.5 Å². The zero-order valence-electron chi connectivity index (χ0n) is 20.6. The lowest BCUT2D eigenvalue weighted by Crippen LogP contribution is -2.42. The van der Waals surface area contributed by atoms with Gasteiger partial charge in [-0.05, 0) is 47.4 Å². The quantitative estimate of drug-likeness (QED) is 0.184. The van der Waals surface area contributed by atoms with Gasteiger partial charge < -0.3 is 20.7 Å². The maximum atomic E-state index is 12.7. The molecule has 0 radical (unpaired) electrons. The molecular weight excluding hydrogens is 542 g/mol. The van der Waals surface area contributed by atoms with Crippen molar-refractivity contribution in [2.45, 2.75) is 23.8 Å². The third kappa shape index (κ3) is 7.66. The molecule has 1 aromatic heterocycles. The van der Waals surface area contributed by atoms with Gasteiger partial charge in [-0.25, -0.2) is 18.2 Å². The van der Waals surface area contributed by atoms with Gasteiger partial charge in [0.05, 0.1) is 17.0 Å². The molecule has 0 bridgehead atoms. The van der Waals surface area contributed by atoms with Crippen molar-refractivity contribution in [1.29, 1.82) is 0 Å². The highest BCUT2D eigenvalue weighted by Crippen LogP contribution is 2.24. The van der Waals surface area contributed by atoms with E-state index in [2.05, 4.69) is 25.3 Å². The Labute approximate surface area is 230 Å². The molecule has 0 aliphatic heterocycles. The first kappa shape index (κ1) is 27.8. The van der Waals surface area contributed by atoms with Gasteiger partial charge in [-0.1, -0.05) is 60.1 Å². The number of urea groups is 1. The molecule has 4 rings (SSSR count). The summed E-state index contributed by atoms with van der Waals surface area (Å²) in [5.41, 5.74) is 3.76. The lowest BCUT2D eigenvalue weighted by atomic mass is 10.0. The summed E-state index contributed by atoms with van der Waals surface area (Å²) in [6.45, 7) is 0.434. The average Bonchev–Trinajstić information content (AvgIpc) is 3.42. The van der Waals surface area contributed by atoms with E-state index in [-0.39, 0.29) is 22.4 Å². The topological polar surface area (TPSA) is 153 Å². The summed E-state index contributed by atoms with van der Waals surface area (Å²) in [4.78, 5) is 30.9. The predicted octanol–water partition coefficient (Wildman–Crippen LogP) is 4.07. The van der Waals surface area contributed by atoms with Crippen LogP contribution >= 0.6 is 11.6 Å². The van der Waals surface area contributed by atoms with Crippen LogP contribution in [0.2, 0.25) is 5.02 Å². The monoisotopic (exact) mass is 567 g/mol. The van der Waals surface area contributed by atoms with Crippen LogP contribution in [0.1, 0.15) is 11.3 Å². The number of nitrogens with one attached hydrogen (secondary N) is 4. The summed E-state index contributed by atoms with van der Waals surface area (Å²) in [5, 5.41) is 15.2. The van der Waals surface area contributed by atoms with Gasteiger partial charge >= 0.3 is 12.0 Å². The molecule has 1 heterocycles. The van der Waals surface area contributed by atoms with Crippen LogP contribution in [0.3, 0.4) is 0 Å². The maximum Gasteiger partial charge on any atom is 0.322 e. The number of nitrogens with zero attached hydrogens (tertiary/aromatic N) is 1. The molecule has 1 atom stereocenters. The standard InChI is InChI=1S/C27H26ClN5O5S/c28-23-6-1-2-7-25(23)39(37,38)33-24(26(34)35)14-18-8-10-19(11-9-18)20-4-3-5-21(15-20)32-27(36)30-13-12-22-16-29-17-31-22/h1-11,15-17,24,33H,12-14H2,(H,29,31)(H,34,35)(H2,30,32,36)/t24-/m1/s1. The third-order valence-corrected chi connectivity index (χ3v) is 7.76. The first-order chi connectivity index (χ1) is 18.7. The fourth-order valence-corrected chi connectivity index (χ4v) is 5.55. The zero-order chi connectivity index (χ0) is 27.8. The molecule has 202 valence electrons. The van der Waals surface area contributed by atoms with Crippen LogP contribution in [0.5, 0.6) is 0 Å². The average molecular weight is 568 g/mol. The molecular formula is C27H26ClN5O5S. The van der Waals surface area contributed by atoms with E-state index >= 15 is 0 Å². The molecule has 0 saturated carbocycles. The number of amides is 2. The van der Waals surface area contributed by atoms with Gasteiger partial charge in [-0.15, -0.1) is 0 Å². The summed E-state index contributed by atoms with van der Waals surface area (Å²) < 4.78 is 27.7. The third-order valence-electron chi connectivity index (χ3n) is 5.79. The van der Waals surface area contributed by atoms with E-state index in [1.807, 2.05) is 18.2 Å². The van der Waals surface area contributed by atoms with Crippen molar-refractivity contribution in [1.82, 2.24) is 20.0 Å². The normalized spacial score (nSPS) is 12.0. The number of H-pyrrole nitrogens is 1. The van der Waals surface area contributed by atoms with Gasteiger partial charge in [-0.3, -0.25) is 4.79 Å². The molecule has 0 spiro atoms. The van der Waals surface area contributed by atoms with Crippen molar-refractivity contribution in [3.8, 4) is 11.1 Å². The maximum absolute atomic E-state index is 12.7. The second-order valence-corrected chi connectivity index (χ2v) is 10.7. The van der Waals surface area contributed by atoms with Crippen LogP contribution in [0.15, 0.2) is 90.2 Å². The highest BCUT2D eigenvalue weighted by atomic mass is 35.5. The first-order valence-corrected chi connectivity index (χ1v) is 13.8. The minimum atomic E-state index is -4.15. The summed E-state index contributed by atoms with van der Waals surface area (Å²) in [6.07, 6.45) is 3.89. The number of sulfonamides is 1. The zero-order valence-corrected chi connectivity index (χ0v) is 22.2. The van der Waals surface area contributed by atoms with Crippen molar-refractivity contribution in [3.63, 3.8) is 0 Å².